The number of hydrogen-bond donors (Lipinski definition) is 2. The van der Waals surface area contributed by atoms with Crippen LogP contribution in [-0.4, -0.2) is 42.7 Å². The molecule has 0 radical (unpaired) electrons. The smallest absolute Gasteiger partial charge is 0.300 e. The van der Waals surface area contributed by atoms with E-state index in [-0.39, 0.29) is 34.3 Å². The molecule has 4 rings (SSSR count). The lowest BCUT2D eigenvalue weighted by Gasteiger charge is -2.26. The standard InChI is InChI=1S/C30H31NO7/c1-6-38-24-15-19(9-13-22(24)32)27-26(28(33)20-10-14-23(36-4)25(16-20)37-5)29(34)30(35)31(27)21-11-7-18(8-12-21)17(2)3/h7-17,27,32-33H,6H2,1-5H3/b28-26-. The highest BCUT2D eigenvalue weighted by atomic mass is 16.5. The van der Waals surface area contributed by atoms with Gasteiger partial charge in [-0.05, 0) is 66.4 Å². The molecule has 1 amide bonds. The molecule has 1 saturated heterocycles. The number of aliphatic hydroxyl groups excluding tert-OH is 1. The van der Waals surface area contributed by atoms with Gasteiger partial charge in [-0.15, -0.1) is 0 Å². The van der Waals surface area contributed by atoms with Gasteiger partial charge in [0.2, 0.25) is 0 Å². The molecule has 3 aromatic carbocycles. The van der Waals surface area contributed by atoms with Gasteiger partial charge in [-0.3, -0.25) is 14.5 Å². The molecule has 1 fully saturated rings. The van der Waals surface area contributed by atoms with E-state index in [1.54, 1.807) is 49.4 Å². The highest BCUT2D eigenvalue weighted by Crippen LogP contribution is 2.44. The minimum atomic E-state index is -0.979. The Bertz CT molecular complexity index is 1390. The molecule has 1 aliphatic rings. The van der Waals surface area contributed by atoms with E-state index >= 15 is 0 Å². The number of phenols is 1. The summed E-state index contributed by atoms with van der Waals surface area (Å²) in [5, 5.41) is 21.7. The summed E-state index contributed by atoms with van der Waals surface area (Å²) in [4.78, 5) is 28.3. The van der Waals surface area contributed by atoms with E-state index < -0.39 is 17.7 Å². The number of ketones is 1. The fraction of sp³-hybridized carbons (Fsp3) is 0.267. The average molecular weight is 518 g/mol. The Balaban J connectivity index is 1.94. The zero-order valence-corrected chi connectivity index (χ0v) is 22.0. The third kappa shape index (κ3) is 4.77. The molecule has 0 aromatic heterocycles. The number of carbonyl (C=O) groups is 2. The van der Waals surface area contributed by atoms with Crippen LogP contribution in [0.4, 0.5) is 5.69 Å². The summed E-state index contributed by atoms with van der Waals surface area (Å²) in [7, 11) is 2.96. The first kappa shape index (κ1) is 26.6. The predicted octanol–water partition coefficient (Wildman–Crippen LogP) is 5.56. The van der Waals surface area contributed by atoms with Crippen LogP contribution >= 0.6 is 0 Å². The Kier molecular flexibility index (Phi) is 7.62. The molecule has 0 spiro atoms. The number of amides is 1. The van der Waals surface area contributed by atoms with Gasteiger partial charge < -0.3 is 24.4 Å². The zero-order valence-electron chi connectivity index (χ0n) is 22.0. The summed E-state index contributed by atoms with van der Waals surface area (Å²) < 4.78 is 16.2. The highest BCUT2D eigenvalue weighted by molar-refractivity contribution is 6.51. The van der Waals surface area contributed by atoms with E-state index in [0.29, 0.717) is 29.4 Å². The first-order chi connectivity index (χ1) is 18.2. The van der Waals surface area contributed by atoms with E-state index in [1.165, 1.54) is 25.2 Å². The quantitative estimate of drug-likeness (QED) is 0.229. The molecule has 0 aliphatic carbocycles. The second kappa shape index (κ2) is 10.9. The molecule has 198 valence electrons. The number of ether oxygens (including phenoxy) is 3. The summed E-state index contributed by atoms with van der Waals surface area (Å²) in [5.41, 5.74) is 2.25. The van der Waals surface area contributed by atoms with Gasteiger partial charge in [0.15, 0.2) is 23.0 Å². The van der Waals surface area contributed by atoms with Crippen molar-refractivity contribution in [1.29, 1.82) is 0 Å². The summed E-state index contributed by atoms with van der Waals surface area (Å²) in [6.07, 6.45) is 0. The maximum Gasteiger partial charge on any atom is 0.300 e. The van der Waals surface area contributed by atoms with Gasteiger partial charge in [0, 0.05) is 11.3 Å². The lowest BCUT2D eigenvalue weighted by Crippen LogP contribution is -2.29. The second-order valence-electron chi connectivity index (χ2n) is 9.15. The normalized spacial score (nSPS) is 16.7. The molecule has 3 aromatic rings. The van der Waals surface area contributed by atoms with Crippen LogP contribution in [0.1, 0.15) is 49.4 Å². The number of nitrogens with zero attached hydrogens (tertiary/aromatic N) is 1. The molecule has 1 heterocycles. The molecule has 8 heteroatoms. The molecule has 8 nitrogen and oxygen atoms in total. The number of rotatable bonds is 8. The van der Waals surface area contributed by atoms with Crippen LogP contribution in [0.15, 0.2) is 66.2 Å². The molecule has 2 N–H and O–H groups in total. The average Bonchev–Trinajstić information content (AvgIpc) is 3.19. The van der Waals surface area contributed by atoms with Gasteiger partial charge in [0.05, 0.1) is 32.4 Å². The highest BCUT2D eigenvalue weighted by Gasteiger charge is 2.47. The summed E-state index contributed by atoms with van der Waals surface area (Å²) >= 11 is 0. The number of aromatic hydroxyl groups is 1. The van der Waals surface area contributed by atoms with Gasteiger partial charge in [0.1, 0.15) is 5.76 Å². The fourth-order valence-electron chi connectivity index (χ4n) is 4.54. The van der Waals surface area contributed by atoms with Crippen LogP contribution in [0.2, 0.25) is 0 Å². The van der Waals surface area contributed by atoms with Crippen LogP contribution in [0, 0.1) is 0 Å². The Labute approximate surface area is 221 Å². The summed E-state index contributed by atoms with van der Waals surface area (Å²) in [6.45, 7) is 6.22. The molecule has 38 heavy (non-hydrogen) atoms. The first-order valence-electron chi connectivity index (χ1n) is 12.3. The number of aliphatic hydroxyl groups is 1. The number of anilines is 1. The van der Waals surface area contributed by atoms with Crippen LogP contribution in [-0.2, 0) is 9.59 Å². The van der Waals surface area contributed by atoms with Crippen molar-refractivity contribution < 1.29 is 34.0 Å². The van der Waals surface area contributed by atoms with Gasteiger partial charge in [-0.1, -0.05) is 32.0 Å². The predicted molar refractivity (Wildman–Crippen MR) is 144 cm³/mol. The van der Waals surface area contributed by atoms with E-state index in [1.807, 2.05) is 12.1 Å². The molecule has 1 aliphatic heterocycles. The minimum absolute atomic E-state index is 0.0753. The lowest BCUT2D eigenvalue weighted by molar-refractivity contribution is -0.132. The number of phenolic OH excluding ortho intramolecular Hbond substituents is 1. The van der Waals surface area contributed by atoms with Crippen molar-refractivity contribution >= 4 is 23.1 Å². The van der Waals surface area contributed by atoms with Crippen LogP contribution in [0.5, 0.6) is 23.0 Å². The van der Waals surface area contributed by atoms with Crippen LogP contribution in [0.3, 0.4) is 0 Å². The first-order valence-corrected chi connectivity index (χ1v) is 12.3. The molecule has 0 bridgehead atoms. The minimum Gasteiger partial charge on any atom is -0.507 e. The number of carbonyl (C=O) groups excluding carboxylic acids is 2. The van der Waals surface area contributed by atoms with Gasteiger partial charge >= 0.3 is 0 Å². The van der Waals surface area contributed by atoms with E-state index in [2.05, 4.69) is 13.8 Å². The van der Waals surface area contributed by atoms with Crippen molar-refractivity contribution in [3.8, 4) is 23.0 Å². The summed E-state index contributed by atoms with van der Waals surface area (Å²) in [6, 6.07) is 15.8. The van der Waals surface area contributed by atoms with Crippen molar-refractivity contribution in [2.75, 3.05) is 25.7 Å². The maximum absolute atomic E-state index is 13.5. The lowest BCUT2D eigenvalue weighted by atomic mass is 9.94. The third-order valence-electron chi connectivity index (χ3n) is 6.54. The largest absolute Gasteiger partial charge is 0.507 e. The van der Waals surface area contributed by atoms with E-state index in [4.69, 9.17) is 14.2 Å². The molecular weight excluding hydrogens is 486 g/mol. The Hall–Kier alpha value is -4.46. The van der Waals surface area contributed by atoms with Crippen molar-refractivity contribution in [1.82, 2.24) is 0 Å². The van der Waals surface area contributed by atoms with Crippen molar-refractivity contribution in [3.63, 3.8) is 0 Å². The SMILES string of the molecule is CCOc1cc(C2/C(=C(/O)c3ccc(OC)c(OC)c3)C(=O)C(=O)N2c2ccc(C(C)C)cc2)ccc1O. The molecule has 0 saturated carbocycles. The van der Waals surface area contributed by atoms with Gasteiger partial charge in [-0.2, -0.15) is 0 Å². The Morgan fingerprint density at radius 3 is 2.21 bits per heavy atom. The van der Waals surface area contributed by atoms with E-state index in [9.17, 15) is 19.8 Å². The van der Waals surface area contributed by atoms with E-state index in [0.717, 1.165) is 5.56 Å². The number of Topliss-reactive ketones (excluding diaryl/α,β-unsaturated/α-hetero) is 1. The summed E-state index contributed by atoms with van der Waals surface area (Å²) in [5.74, 6) is -0.749. The topological polar surface area (TPSA) is 106 Å². The maximum atomic E-state index is 13.5. The van der Waals surface area contributed by atoms with Gasteiger partial charge in [-0.25, -0.2) is 0 Å². The Morgan fingerprint density at radius 2 is 1.61 bits per heavy atom. The zero-order chi connectivity index (χ0) is 27.6. The van der Waals surface area contributed by atoms with Crippen LogP contribution < -0.4 is 19.1 Å². The van der Waals surface area contributed by atoms with Crippen molar-refractivity contribution in [3.05, 3.63) is 82.9 Å². The van der Waals surface area contributed by atoms with Crippen molar-refractivity contribution in [2.24, 2.45) is 0 Å². The van der Waals surface area contributed by atoms with Crippen molar-refractivity contribution in [2.45, 2.75) is 32.7 Å². The fourth-order valence-corrected chi connectivity index (χ4v) is 4.54. The van der Waals surface area contributed by atoms with Gasteiger partial charge in [0.25, 0.3) is 11.7 Å². The molecule has 1 unspecified atom stereocenters. The molecular formula is C30H31NO7. The second-order valence-corrected chi connectivity index (χ2v) is 9.15. The number of methoxy groups -OCH3 is 2. The number of hydrogen-bond acceptors (Lipinski definition) is 7. The number of benzene rings is 3. The monoisotopic (exact) mass is 517 g/mol. The third-order valence-corrected chi connectivity index (χ3v) is 6.54. The Morgan fingerprint density at radius 1 is 0.921 bits per heavy atom. The molecule has 1 atom stereocenters. The van der Waals surface area contributed by atoms with Crippen LogP contribution in [0.25, 0.3) is 5.76 Å².